The fourth-order valence-electron chi connectivity index (χ4n) is 2.00. The van der Waals surface area contributed by atoms with Crippen molar-refractivity contribution in [3.8, 4) is 0 Å². The second kappa shape index (κ2) is 5.40. The van der Waals surface area contributed by atoms with Crippen LogP contribution >= 0.6 is 0 Å². The number of rotatable bonds is 5. The normalized spacial score (nSPS) is 20.4. The summed E-state index contributed by atoms with van der Waals surface area (Å²) < 4.78 is 34.0. The van der Waals surface area contributed by atoms with Gasteiger partial charge in [-0.05, 0) is 19.5 Å². The monoisotopic (exact) mass is 273 g/mol. The second-order valence-electron chi connectivity index (χ2n) is 4.49. The second-order valence-corrected chi connectivity index (χ2v) is 6.20. The molecule has 1 fully saturated rings. The summed E-state index contributed by atoms with van der Waals surface area (Å²) in [6.07, 6.45) is 2.36. The van der Waals surface area contributed by atoms with Crippen LogP contribution in [0.1, 0.15) is 12.1 Å². The maximum Gasteiger partial charge on any atom is 0.242 e. The number of ether oxygens (including phenoxy) is 1. The third-order valence-corrected chi connectivity index (χ3v) is 4.49. The molecule has 102 valence electrons. The van der Waals surface area contributed by atoms with Gasteiger partial charge < -0.3 is 14.6 Å². The average Bonchev–Trinajstić information content (AvgIpc) is 2.90. The Balaban J connectivity index is 2.15. The van der Waals surface area contributed by atoms with Crippen molar-refractivity contribution in [3.63, 3.8) is 0 Å². The Kier molecular flexibility index (Phi) is 4.06. The van der Waals surface area contributed by atoms with Crippen LogP contribution < -0.4 is 10.0 Å². The molecule has 2 heterocycles. The number of aryl methyl sites for hydroxylation is 1. The highest BCUT2D eigenvalue weighted by Gasteiger charge is 2.24. The Morgan fingerprint density at radius 2 is 2.33 bits per heavy atom. The highest BCUT2D eigenvalue weighted by atomic mass is 32.2. The quantitative estimate of drug-likeness (QED) is 0.780. The largest absolute Gasteiger partial charge is 0.380 e. The SMILES string of the molecule is CNCc1cc(S(=O)(=O)NC2CCOC2)cn1C. The van der Waals surface area contributed by atoms with Gasteiger partial charge in [0.05, 0.1) is 11.5 Å². The number of nitrogens with one attached hydrogen (secondary N) is 2. The van der Waals surface area contributed by atoms with Crippen molar-refractivity contribution in [1.29, 1.82) is 0 Å². The van der Waals surface area contributed by atoms with Crippen LogP contribution in [0.15, 0.2) is 17.2 Å². The van der Waals surface area contributed by atoms with Crippen molar-refractivity contribution < 1.29 is 13.2 Å². The predicted octanol–water partition coefficient (Wildman–Crippen LogP) is -0.188. The van der Waals surface area contributed by atoms with Gasteiger partial charge in [0.15, 0.2) is 0 Å². The molecule has 1 aliphatic rings. The number of hydrogen-bond acceptors (Lipinski definition) is 4. The third-order valence-electron chi connectivity index (χ3n) is 3.00. The molecule has 6 nitrogen and oxygen atoms in total. The molecule has 0 radical (unpaired) electrons. The molecule has 1 aliphatic heterocycles. The Morgan fingerprint density at radius 1 is 1.56 bits per heavy atom. The summed E-state index contributed by atoms with van der Waals surface area (Å²) in [6.45, 7) is 1.71. The van der Waals surface area contributed by atoms with Crippen molar-refractivity contribution in [1.82, 2.24) is 14.6 Å². The van der Waals surface area contributed by atoms with E-state index in [-0.39, 0.29) is 6.04 Å². The van der Waals surface area contributed by atoms with E-state index in [1.54, 1.807) is 12.3 Å². The molecule has 7 heteroatoms. The van der Waals surface area contributed by atoms with Gasteiger partial charge in [0, 0.05) is 38.1 Å². The molecule has 0 spiro atoms. The van der Waals surface area contributed by atoms with Crippen LogP contribution in [0.25, 0.3) is 0 Å². The minimum atomic E-state index is -3.44. The molecule has 0 bridgehead atoms. The van der Waals surface area contributed by atoms with Crippen LogP contribution in [-0.2, 0) is 28.4 Å². The summed E-state index contributed by atoms with van der Waals surface area (Å²) in [6, 6.07) is 1.58. The topological polar surface area (TPSA) is 72.4 Å². The molecule has 2 rings (SSSR count). The summed E-state index contributed by atoms with van der Waals surface area (Å²) in [5.41, 5.74) is 0.931. The van der Waals surface area contributed by atoms with E-state index >= 15 is 0 Å². The zero-order valence-electron chi connectivity index (χ0n) is 10.6. The fourth-order valence-corrected chi connectivity index (χ4v) is 3.34. The molecule has 0 aromatic carbocycles. The van der Waals surface area contributed by atoms with E-state index in [0.29, 0.717) is 24.7 Å². The van der Waals surface area contributed by atoms with Crippen LogP contribution in [0.3, 0.4) is 0 Å². The highest BCUT2D eigenvalue weighted by Crippen LogP contribution is 2.15. The van der Waals surface area contributed by atoms with Crippen LogP contribution in [0.4, 0.5) is 0 Å². The summed E-state index contributed by atoms with van der Waals surface area (Å²) in [4.78, 5) is 0.308. The molecule has 2 N–H and O–H groups in total. The maximum absolute atomic E-state index is 12.2. The first-order valence-corrected chi connectivity index (χ1v) is 7.41. The van der Waals surface area contributed by atoms with E-state index in [1.807, 2.05) is 18.7 Å². The summed E-state index contributed by atoms with van der Waals surface area (Å²) in [5.74, 6) is 0. The van der Waals surface area contributed by atoms with Crippen molar-refractivity contribution in [2.75, 3.05) is 20.3 Å². The lowest BCUT2D eigenvalue weighted by Gasteiger charge is -2.09. The van der Waals surface area contributed by atoms with Crippen molar-refractivity contribution in [2.24, 2.45) is 7.05 Å². The van der Waals surface area contributed by atoms with Gasteiger partial charge in [0.1, 0.15) is 0 Å². The fraction of sp³-hybridized carbons (Fsp3) is 0.636. The molecular weight excluding hydrogens is 254 g/mol. The molecule has 1 aromatic heterocycles. The molecule has 1 saturated heterocycles. The van der Waals surface area contributed by atoms with Gasteiger partial charge in [-0.25, -0.2) is 13.1 Å². The first-order valence-electron chi connectivity index (χ1n) is 5.93. The highest BCUT2D eigenvalue weighted by molar-refractivity contribution is 7.89. The predicted molar refractivity (Wildman–Crippen MR) is 67.7 cm³/mol. The van der Waals surface area contributed by atoms with E-state index in [4.69, 9.17) is 4.74 Å². The molecular formula is C11H19N3O3S. The summed E-state index contributed by atoms with van der Waals surface area (Å²) in [7, 11) is 0.224. The number of hydrogen-bond donors (Lipinski definition) is 2. The minimum absolute atomic E-state index is 0.108. The van der Waals surface area contributed by atoms with E-state index in [9.17, 15) is 8.42 Å². The third kappa shape index (κ3) is 2.92. The van der Waals surface area contributed by atoms with Gasteiger partial charge in [-0.1, -0.05) is 0 Å². The Hall–Kier alpha value is -0.890. The van der Waals surface area contributed by atoms with Gasteiger partial charge in [0.25, 0.3) is 0 Å². The lowest BCUT2D eigenvalue weighted by Crippen LogP contribution is -2.34. The van der Waals surface area contributed by atoms with E-state index in [2.05, 4.69) is 10.0 Å². The maximum atomic E-state index is 12.2. The molecule has 18 heavy (non-hydrogen) atoms. The molecule has 1 aromatic rings. The van der Waals surface area contributed by atoms with Gasteiger partial charge in [-0.15, -0.1) is 0 Å². The standard InChI is InChI=1S/C11H19N3O3S/c1-12-6-10-5-11(7-14(10)2)18(15,16)13-9-3-4-17-8-9/h5,7,9,12-13H,3-4,6,8H2,1-2H3. The van der Waals surface area contributed by atoms with E-state index < -0.39 is 10.0 Å². The van der Waals surface area contributed by atoms with E-state index in [1.165, 1.54) is 0 Å². The number of aromatic nitrogens is 1. The Morgan fingerprint density at radius 3 is 2.94 bits per heavy atom. The zero-order chi connectivity index (χ0) is 13.2. The van der Waals surface area contributed by atoms with Crippen LogP contribution in [-0.4, -0.2) is 39.3 Å². The molecule has 0 aliphatic carbocycles. The molecule has 1 atom stereocenters. The Bertz CT molecular complexity index is 504. The van der Waals surface area contributed by atoms with Gasteiger partial charge in [-0.3, -0.25) is 0 Å². The van der Waals surface area contributed by atoms with Crippen molar-refractivity contribution >= 4 is 10.0 Å². The smallest absolute Gasteiger partial charge is 0.242 e. The number of nitrogens with zero attached hydrogens (tertiary/aromatic N) is 1. The first-order chi connectivity index (χ1) is 8.53. The average molecular weight is 273 g/mol. The first kappa shape index (κ1) is 13.5. The van der Waals surface area contributed by atoms with Crippen LogP contribution in [0, 0.1) is 0 Å². The van der Waals surface area contributed by atoms with E-state index in [0.717, 1.165) is 12.1 Å². The van der Waals surface area contributed by atoms with Gasteiger partial charge in [0.2, 0.25) is 10.0 Å². The van der Waals surface area contributed by atoms with Gasteiger partial charge in [-0.2, -0.15) is 0 Å². The van der Waals surface area contributed by atoms with Crippen LogP contribution in [0.5, 0.6) is 0 Å². The van der Waals surface area contributed by atoms with Crippen LogP contribution in [0.2, 0.25) is 0 Å². The minimum Gasteiger partial charge on any atom is -0.380 e. The van der Waals surface area contributed by atoms with Gasteiger partial charge >= 0.3 is 0 Å². The zero-order valence-corrected chi connectivity index (χ0v) is 11.5. The molecule has 0 amide bonds. The molecule has 0 saturated carbocycles. The van der Waals surface area contributed by atoms with Crippen molar-refractivity contribution in [2.45, 2.75) is 23.9 Å². The molecule has 1 unspecified atom stereocenters. The lowest BCUT2D eigenvalue weighted by molar-refractivity contribution is 0.192. The number of sulfonamides is 1. The lowest BCUT2D eigenvalue weighted by atomic mass is 10.3. The summed E-state index contributed by atoms with van der Waals surface area (Å²) in [5, 5.41) is 3.01. The van der Waals surface area contributed by atoms with Crippen molar-refractivity contribution in [3.05, 3.63) is 18.0 Å². The Labute approximate surface area is 107 Å². The summed E-state index contributed by atoms with van der Waals surface area (Å²) >= 11 is 0.